The summed E-state index contributed by atoms with van der Waals surface area (Å²) in [5.74, 6) is 2.14. The predicted octanol–water partition coefficient (Wildman–Crippen LogP) is 4.84. The summed E-state index contributed by atoms with van der Waals surface area (Å²) in [7, 11) is 3.16. The molecule has 1 fully saturated rings. The number of hydrogen-bond donors (Lipinski definition) is 0. The molecule has 0 atom stereocenters. The van der Waals surface area contributed by atoms with E-state index in [-0.39, 0.29) is 5.91 Å². The van der Waals surface area contributed by atoms with Gasteiger partial charge in [0.25, 0.3) is 0 Å². The van der Waals surface area contributed by atoms with E-state index in [1.165, 1.54) is 0 Å². The SMILES string of the molecule is COc1ccc(C(=CC(=O)N2CCOCC2)c2ccc(Oc3ccc(Cl)cc3)nc2)cc1OC. The Morgan fingerprint density at radius 1 is 0.971 bits per heavy atom. The molecule has 0 aliphatic carbocycles. The Morgan fingerprint density at radius 2 is 1.68 bits per heavy atom. The summed E-state index contributed by atoms with van der Waals surface area (Å²) in [5.41, 5.74) is 2.27. The van der Waals surface area contributed by atoms with Crippen molar-refractivity contribution in [3.8, 4) is 23.1 Å². The fourth-order valence-electron chi connectivity index (χ4n) is 3.56. The van der Waals surface area contributed by atoms with E-state index in [1.54, 1.807) is 61.7 Å². The van der Waals surface area contributed by atoms with Gasteiger partial charge in [-0.05, 0) is 53.6 Å². The standard InChI is InChI=1S/C26H25ClN2O5/c1-31-23-9-3-18(15-24(23)32-2)22(16-26(30)29-11-13-33-14-12-29)19-4-10-25(28-17-19)34-21-7-5-20(27)6-8-21/h3-10,15-17H,11-14H2,1-2H3. The second-order valence-electron chi connectivity index (χ2n) is 7.51. The number of halogens is 1. The third-order valence-corrected chi connectivity index (χ3v) is 5.62. The zero-order chi connectivity index (χ0) is 23.9. The lowest BCUT2D eigenvalue weighted by Gasteiger charge is -2.26. The molecule has 0 saturated carbocycles. The highest BCUT2D eigenvalue weighted by atomic mass is 35.5. The van der Waals surface area contributed by atoms with E-state index in [0.717, 1.165) is 11.1 Å². The van der Waals surface area contributed by atoms with Crippen LogP contribution in [-0.2, 0) is 9.53 Å². The summed E-state index contributed by atoms with van der Waals surface area (Å²) in [4.78, 5) is 19.3. The second-order valence-corrected chi connectivity index (χ2v) is 7.94. The van der Waals surface area contributed by atoms with Crippen molar-refractivity contribution in [3.05, 3.63) is 83.0 Å². The van der Waals surface area contributed by atoms with Gasteiger partial charge in [0.2, 0.25) is 11.8 Å². The number of rotatable bonds is 7. The molecule has 0 bridgehead atoms. The maximum absolute atomic E-state index is 13.1. The number of carbonyl (C=O) groups excluding carboxylic acids is 1. The van der Waals surface area contributed by atoms with Crippen LogP contribution in [-0.4, -0.2) is 56.3 Å². The van der Waals surface area contributed by atoms with Crippen LogP contribution in [0.5, 0.6) is 23.1 Å². The quantitative estimate of drug-likeness (QED) is 0.451. The van der Waals surface area contributed by atoms with Gasteiger partial charge in [-0.25, -0.2) is 4.98 Å². The summed E-state index contributed by atoms with van der Waals surface area (Å²) >= 11 is 5.93. The van der Waals surface area contributed by atoms with E-state index in [2.05, 4.69) is 4.98 Å². The van der Waals surface area contributed by atoms with Gasteiger partial charge >= 0.3 is 0 Å². The van der Waals surface area contributed by atoms with E-state index in [4.69, 9.17) is 30.5 Å². The molecule has 0 N–H and O–H groups in total. The van der Waals surface area contributed by atoms with Crippen LogP contribution in [0.2, 0.25) is 5.02 Å². The number of hydrogen-bond acceptors (Lipinski definition) is 6. The highest BCUT2D eigenvalue weighted by Gasteiger charge is 2.18. The molecule has 176 valence electrons. The van der Waals surface area contributed by atoms with Crippen LogP contribution >= 0.6 is 11.6 Å². The minimum Gasteiger partial charge on any atom is -0.493 e. The molecule has 1 aliphatic heterocycles. The molecule has 0 radical (unpaired) electrons. The Morgan fingerprint density at radius 3 is 2.32 bits per heavy atom. The van der Waals surface area contributed by atoms with Crippen LogP contribution in [0.3, 0.4) is 0 Å². The van der Waals surface area contributed by atoms with Gasteiger partial charge < -0.3 is 23.8 Å². The first-order valence-electron chi connectivity index (χ1n) is 10.8. The lowest BCUT2D eigenvalue weighted by Crippen LogP contribution is -2.39. The van der Waals surface area contributed by atoms with Crippen LogP contribution in [0.1, 0.15) is 11.1 Å². The predicted molar refractivity (Wildman–Crippen MR) is 130 cm³/mol. The highest BCUT2D eigenvalue weighted by Crippen LogP contribution is 2.33. The van der Waals surface area contributed by atoms with Gasteiger partial charge in [-0.2, -0.15) is 0 Å². The molecule has 34 heavy (non-hydrogen) atoms. The average molecular weight is 481 g/mol. The van der Waals surface area contributed by atoms with Crippen LogP contribution in [0.4, 0.5) is 0 Å². The number of amides is 1. The molecule has 8 heteroatoms. The number of carbonyl (C=O) groups is 1. The van der Waals surface area contributed by atoms with Crippen molar-refractivity contribution >= 4 is 23.1 Å². The lowest BCUT2D eigenvalue weighted by molar-refractivity contribution is -0.129. The third-order valence-electron chi connectivity index (χ3n) is 5.37. The van der Waals surface area contributed by atoms with Crippen molar-refractivity contribution in [1.82, 2.24) is 9.88 Å². The largest absolute Gasteiger partial charge is 0.493 e. The maximum atomic E-state index is 13.1. The van der Waals surface area contributed by atoms with Gasteiger partial charge in [-0.15, -0.1) is 0 Å². The summed E-state index contributed by atoms with van der Waals surface area (Å²) in [6.07, 6.45) is 3.31. The van der Waals surface area contributed by atoms with Crippen molar-refractivity contribution in [3.63, 3.8) is 0 Å². The maximum Gasteiger partial charge on any atom is 0.247 e. The highest BCUT2D eigenvalue weighted by molar-refractivity contribution is 6.30. The Labute approximate surface area is 203 Å². The number of methoxy groups -OCH3 is 2. The zero-order valence-corrected chi connectivity index (χ0v) is 19.7. The molecule has 2 aromatic carbocycles. The van der Waals surface area contributed by atoms with Gasteiger partial charge in [-0.3, -0.25) is 4.79 Å². The van der Waals surface area contributed by atoms with Gasteiger partial charge in [0.15, 0.2) is 11.5 Å². The second kappa shape index (κ2) is 11.0. The topological polar surface area (TPSA) is 70.1 Å². The Bertz CT molecular complexity index is 1160. The zero-order valence-electron chi connectivity index (χ0n) is 19.0. The number of nitrogens with zero attached hydrogens (tertiary/aromatic N) is 2. The Kier molecular flexibility index (Phi) is 7.67. The summed E-state index contributed by atoms with van der Waals surface area (Å²) in [6, 6.07) is 16.2. The van der Waals surface area contributed by atoms with Crippen LogP contribution < -0.4 is 14.2 Å². The first-order chi connectivity index (χ1) is 16.6. The molecule has 3 aromatic rings. The van der Waals surface area contributed by atoms with Crippen molar-refractivity contribution in [2.75, 3.05) is 40.5 Å². The molecule has 1 aromatic heterocycles. The van der Waals surface area contributed by atoms with E-state index in [0.29, 0.717) is 60.0 Å². The molecule has 0 spiro atoms. The van der Waals surface area contributed by atoms with Crippen LogP contribution in [0, 0.1) is 0 Å². The molecule has 0 unspecified atom stereocenters. The van der Waals surface area contributed by atoms with Crippen LogP contribution in [0.15, 0.2) is 66.9 Å². The van der Waals surface area contributed by atoms with Gasteiger partial charge in [0.1, 0.15) is 5.75 Å². The van der Waals surface area contributed by atoms with Crippen molar-refractivity contribution in [2.45, 2.75) is 0 Å². The number of morpholine rings is 1. The summed E-state index contributed by atoms with van der Waals surface area (Å²) < 4.78 is 22.0. The fraction of sp³-hybridized carbons (Fsp3) is 0.231. The Hall–Kier alpha value is -3.55. The van der Waals surface area contributed by atoms with E-state index < -0.39 is 0 Å². The normalized spacial score (nSPS) is 14.0. The molecule has 1 amide bonds. The van der Waals surface area contributed by atoms with Crippen molar-refractivity contribution in [1.29, 1.82) is 0 Å². The molecule has 4 rings (SSSR count). The van der Waals surface area contributed by atoms with Crippen molar-refractivity contribution < 1.29 is 23.7 Å². The number of aromatic nitrogens is 1. The minimum atomic E-state index is -0.0884. The molecule has 1 saturated heterocycles. The smallest absolute Gasteiger partial charge is 0.247 e. The molecule has 2 heterocycles. The first-order valence-corrected chi connectivity index (χ1v) is 11.2. The van der Waals surface area contributed by atoms with Gasteiger partial charge in [0, 0.05) is 42.0 Å². The first kappa shape index (κ1) is 23.6. The number of ether oxygens (including phenoxy) is 4. The Balaban J connectivity index is 1.66. The average Bonchev–Trinajstić information content (AvgIpc) is 2.89. The van der Waals surface area contributed by atoms with E-state index in [1.807, 2.05) is 24.3 Å². The minimum absolute atomic E-state index is 0.0884. The molecule has 7 nitrogen and oxygen atoms in total. The molecule has 1 aliphatic rings. The number of pyridine rings is 1. The third kappa shape index (κ3) is 5.68. The van der Waals surface area contributed by atoms with Gasteiger partial charge in [0.05, 0.1) is 27.4 Å². The summed E-state index contributed by atoms with van der Waals surface area (Å²) in [5, 5.41) is 0.630. The number of benzene rings is 2. The lowest BCUT2D eigenvalue weighted by atomic mass is 9.98. The van der Waals surface area contributed by atoms with Crippen molar-refractivity contribution in [2.24, 2.45) is 0 Å². The van der Waals surface area contributed by atoms with Crippen LogP contribution in [0.25, 0.3) is 5.57 Å². The molecular formula is C26H25ClN2O5. The van der Waals surface area contributed by atoms with Gasteiger partial charge in [-0.1, -0.05) is 17.7 Å². The van der Waals surface area contributed by atoms with E-state index in [9.17, 15) is 4.79 Å². The summed E-state index contributed by atoms with van der Waals surface area (Å²) in [6.45, 7) is 2.18. The van der Waals surface area contributed by atoms with E-state index >= 15 is 0 Å². The monoisotopic (exact) mass is 480 g/mol. The fourth-order valence-corrected chi connectivity index (χ4v) is 3.68. The molecular weight excluding hydrogens is 456 g/mol.